The number of fused-ring (bicyclic) bond motifs is 2. The summed E-state index contributed by atoms with van der Waals surface area (Å²) in [5.74, 6) is -5.40. The van der Waals surface area contributed by atoms with Crippen LogP contribution in [0.5, 0.6) is 5.75 Å². The van der Waals surface area contributed by atoms with Gasteiger partial charge in [-0.25, -0.2) is 31.3 Å². The van der Waals surface area contributed by atoms with Crippen molar-refractivity contribution in [3.8, 4) is 5.75 Å². The lowest BCUT2D eigenvalue weighted by Gasteiger charge is -2.23. The van der Waals surface area contributed by atoms with Gasteiger partial charge >= 0.3 is 0 Å². The molecule has 1 aromatic carbocycles. The van der Waals surface area contributed by atoms with Crippen LogP contribution in [0.2, 0.25) is 0 Å². The molecule has 1 amide bonds. The smallest absolute Gasteiger partial charge is 0.276 e. The first kappa shape index (κ1) is 23.1. The molecule has 4 heterocycles. The van der Waals surface area contributed by atoms with Gasteiger partial charge in [-0.3, -0.25) is 9.78 Å². The second kappa shape index (κ2) is 8.53. The Bertz CT molecular complexity index is 1390. The first-order valence-electron chi connectivity index (χ1n) is 10.5. The summed E-state index contributed by atoms with van der Waals surface area (Å²) in [6.45, 7) is 0.869. The summed E-state index contributed by atoms with van der Waals surface area (Å²) in [6, 6.07) is 0.760. The van der Waals surface area contributed by atoms with E-state index in [1.54, 1.807) is 6.20 Å². The molecule has 184 valence electrons. The summed E-state index contributed by atoms with van der Waals surface area (Å²) in [4.78, 5) is 22.9. The van der Waals surface area contributed by atoms with E-state index in [0.29, 0.717) is 31.0 Å². The van der Waals surface area contributed by atoms with E-state index in [-0.39, 0.29) is 34.6 Å². The SMILES string of the molecule is Cn1cc2c(c1C(=O)Nc1cc(F)c(F)c(F)c1)OC[C@H]1CN(c3cnccn3)C[C@H]1NS2(=O)=O. The van der Waals surface area contributed by atoms with E-state index >= 15 is 0 Å². The minimum Gasteiger partial charge on any atom is -0.489 e. The van der Waals surface area contributed by atoms with Gasteiger partial charge in [0.05, 0.1) is 12.8 Å². The third-order valence-corrected chi connectivity index (χ3v) is 7.39. The van der Waals surface area contributed by atoms with E-state index in [0.717, 1.165) is 0 Å². The van der Waals surface area contributed by atoms with Gasteiger partial charge in [-0.1, -0.05) is 0 Å². The Hall–Kier alpha value is -3.65. The van der Waals surface area contributed by atoms with E-state index in [1.165, 1.54) is 30.2 Å². The number of nitrogens with zero attached hydrogens (tertiary/aromatic N) is 4. The van der Waals surface area contributed by atoms with E-state index in [1.807, 2.05) is 4.90 Å². The highest BCUT2D eigenvalue weighted by atomic mass is 32.2. The van der Waals surface area contributed by atoms with Crippen molar-refractivity contribution in [3.05, 3.63) is 60.1 Å². The van der Waals surface area contributed by atoms with Gasteiger partial charge < -0.3 is 19.5 Å². The summed E-state index contributed by atoms with van der Waals surface area (Å²) in [7, 11) is -2.67. The molecule has 2 N–H and O–H groups in total. The number of nitrogens with one attached hydrogen (secondary N) is 2. The number of anilines is 2. The van der Waals surface area contributed by atoms with Crippen molar-refractivity contribution in [1.29, 1.82) is 0 Å². The number of aromatic nitrogens is 3. The maximum atomic E-state index is 13.6. The second-order valence-corrected chi connectivity index (χ2v) is 9.94. The molecule has 2 atom stereocenters. The molecule has 1 saturated heterocycles. The first-order valence-corrected chi connectivity index (χ1v) is 11.9. The number of hydrogen-bond acceptors (Lipinski definition) is 7. The van der Waals surface area contributed by atoms with Crippen molar-refractivity contribution in [2.75, 3.05) is 29.9 Å². The highest BCUT2D eigenvalue weighted by Gasteiger charge is 2.41. The van der Waals surface area contributed by atoms with Crippen LogP contribution in [0.4, 0.5) is 24.7 Å². The van der Waals surface area contributed by atoms with E-state index < -0.39 is 39.4 Å². The van der Waals surface area contributed by atoms with Crippen molar-refractivity contribution in [2.45, 2.75) is 10.9 Å². The zero-order valence-electron chi connectivity index (χ0n) is 18.2. The topological polar surface area (TPSA) is 118 Å². The van der Waals surface area contributed by atoms with Crippen LogP contribution in [0.1, 0.15) is 10.5 Å². The van der Waals surface area contributed by atoms with Gasteiger partial charge in [0.2, 0.25) is 10.0 Å². The molecule has 10 nitrogen and oxygen atoms in total. The van der Waals surface area contributed by atoms with Crippen LogP contribution in [0.15, 0.2) is 41.8 Å². The molecule has 0 bridgehead atoms. The van der Waals surface area contributed by atoms with E-state index in [4.69, 9.17) is 4.74 Å². The lowest BCUT2D eigenvalue weighted by atomic mass is 10.1. The number of carbonyl (C=O) groups is 1. The molecule has 1 fully saturated rings. The van der Waals surface area contributed by atoms with Crippen molar-refractivity contribution in [1.82, 2.24) is 19.3 Å². The van der Waals surface area contributed by atoms with Crippen molar-refractivity contribution >= 4 is 27.4 Å². The average Bonchev–Trinajstić information content (AvgIpc) is 3.36. The maximum Gasteiger partial charge on any atom is 0.276 e. The average molecular weight is 508 g/mol. The monoisotopic (exact) mass is 508 g/mol. The lowest BCUT2D eigenvalue weighted by Crippen LogP contribution is -2.43. The Labute approximate surface area is 197 Å². The van der Waals surface area contributed by atoms with Gasteiger partial charge in [0.25, 0.3) is 5.91 Å². The summed E-state index contributed by atoms with van der Waals surface area (Å²) < 4.78 is 76.5. The fraction of sp³-hybridized carbons (Fsp3) is 0.286. The Morgan fingerprint density at radius 3 is 2.63 bits per heavy atom. The van der Waals surface area contributed by atoms with Crippen LogP contribution in [-0.2, 0) is 17.1 Å². The number of hydrogen-bond donors (Lipinski definition) is 2. The molecule has 3 aromatic rings. The molecule has 0 aliphatic carbocycles. The molecule has 2 aliphatic rings. The van der Waals surface area contributed by atoms with Gasteiger partial charge in [0.15, 0.2) is 28.9 Å². The minimum atomic E-state index is -4.10. The largest absolute Gasteiger partial charge is 0.489 e. The van der Waals surface area contributed by atoms with Gasteiger partial charge in [-0.05, 0) is 0 Å². The molecule has 0 radical (unpaired) electrons. The highest BCUT2D eigenvalue weighted by molar-refractivity contribution is 7.89. The predicted octanol–water partition coefficient (Wildman–Crippen LogP) is 1.66. The van der Waals surface area contributed by atoms with Crippen molar-refractivity contribution in [3.63, 3.8) is 0 Å². The number of carbonyl (C=O) groups excluding carboxylic acids is 1. The highest BCUT2D eigenvalue weighted by Crippen LogP contribution is 2.35. The third kappa shape index (κ3) is 4.18. The zero-order valence-corrected chi connectivity index (χ0v) is 19.0. The number of aryl methyl sites for hydroxylation is 1. The zero-order chi connectivity index (χ0) is 24.9. The quantitative estimate of drug-likeness (QED) is 0.517. The Morgan fingerprint density at radius 1 is 1.20 bits per heavy atom. The molecule has 14 heteroatoms. The van der Waals surface area contributed by atoms with Crippen LogP contribution in [0, 0.1) is 23.4 Å². The number of rotatable bonds is 3. The van der Waals surface area contributed by atoms with Crippen molar-refractivity contribution in [2.24, 2.45) is 13.0 Å². The van der Waals surface area contributed by atoms with Crippen LogP contribution in [-0.4, -0.2) is 54.6 Å². The van der Waals surface area contributed by atoms with Gasteiger partial charge in [-0.15, -0.1) is 0 Å². The van der Waals surface area contributed by atoms with E-state index in [9.17, 15) is 26.4 Å². The molecule has 2 aliphatic heterocycles. The third-order valence-electron chi connectivity index (χ3n) is 5.91. The lowest BCUT2D eigenvalue weighted by molar-refractivity contribution is 0.101. The Balaban J connectivity index is 1.44. The van der Waals surface area contributed by atoms with E-state index in [2.05, 4.69) is 20.0 Å². The van der Waals surface area contributed by atoms with Gasteiger partial charge in [-0.2, -0.15) is 0 Å². The number of ether oxygens (including phenoxy) is 1. The normalized spacial score (nSPS) is 20.9. The van der Waals surface area contributed by atoms with Crippen LogP contribution < -0.4 is 19.7 Å². The number of sulfonamides is 1. The molecular weight excluding hydrogens is 489 g/mol. The van der Waals surface area contributed by atoms with Crippen LogP contribution in [0.25, 0.3) is 0 Å². The Kier molecular flexibility index (Phi) is 5.63. The molecule has 35 heavy (non-hydrogen) atoms. The summed E-state index contributed by atoms with van der Waals surface area (Å²) >= 11 is 0. The second-order valence-electron chi connectivity index (χ2n) is 8.26. The van der Waals surface area contributed by atoms with Crippen LogP contribution in [0.3, 0.4) is 0 Å². The molecule has 0 unspecified atom stereocenters. The molecule has 0 saturated carbocycles. The predicted molar refractivity (Wildman–Crippen MR) is 117 cm³/mol. The minimum absolute atomic E-state index is 0.0844. The fourth-order valence-corrected chi connectivity index (χ4v) is 5.75. The summed E-state index contributed by atoms with van der Waals surface area (Å²) in [6.07, 6.45) is 5.86. The number of halogens is 3. The summed E-state index contributed by atoms with van der Waals surface area (Å²) in [5, 5.41) is 2.26. The number of amides is 1. The van der Waals surface area contributed by atoms with Crippen LogP contribution >= 0.6 is 0 Å². The maximum absolute atomic E-state index is 13.6. The standard InChI is InChI=1S/C21H19F3N6O4S/c1-29-9-16-20(19(29)21(31)27-12-4-13(22)18(24)14(23)5-12)34-10-11-7-30(17-6-25-2-3-26-17)8-15(11)28-35(16,32)33/h2-6,9,11,15,28H,7-8,10H2,1H3,(H,27,31)/t11-,15-/m1/s1. The number of benzene rings is 1. The van der Waals surface area contributed by atoms with Gasteiger partial charge in [0, 0.05) is 68.5 Å². The summed E-state index contributed by atoms with van der Waals surface area (Å²) in [5.41, 5.74) is -0.526. The molecular formula is C21H19F3N6O4S. The molecule has 2 aromatic heterocycles. The molecule has 5 rings (SSSR count). The van der Waals surface area contributed by atoms with Gasteiger partial charge in [0.1, 0.15) is 10.7 Å². The molecule has 0 spiro atoms. The Morgan fingerprint density at radius 2 is 1.94 bits per heavy atom. The fourth-order valence-electron chi connectivity index (χ4n) is 4.26. The van der Waals surface area contributed by atoms with Crippen molar-refractivity contribution < 1.29 is 31.1 Å². The first-order chi connectivity index (χ1) is 16.6.